The number of hydrogen-bond acceptors (Lipinski definition) is 1. The molecule has 0 atom stereocenters. The monoisotopic (exact) mass is 406 g/mol. The van der Waals surface area contributed by atoms with Crippen molar-refractivity contribution in [2.45, 2.75) is 33.1 Å². The molecule has 2 aromatic heterocycles. The molecule has 2 heteroatoms. The standard InChI is InChI=1S/C29H28NO/c1-19-15-16-22-21-13-9-10-14-26(21)31-28(22)27(19)25-17-23(20-11-7-6-8-12-20)24(18-30(25)5)29(2,3)4/h6-18H,1-5H3/q+1. The first-order valence-corrected chi connectivity index (χ1v) is 10.9. The van der Waals surface area contributed by atoms with Crippen molar-refractivity contribution >= 4 is 21.9 Å². The van der Waals surface area contributed by atoms with Gasteiger partial charge in [-0.2, -0.15) is 0 Å². The van der Waals surface area contributed by atoms with Crippen LogP contribution in [0.2, 0.25) is 0 Å². The summed E-state index contributed by atoms with van der Waals surface area (Å²) in [5.74, 6) is 0. The first-order valence-electron chi connectivity index (χ1n) is 10.9. The lowest BCUT2D eigenvalue weighted by Crippen LogP contribution is -2.34. The average Bonchev–Trinajstić information content (AvgIpc) is 3.12. The fraction of sp³-hybridized carbons (Fsp3) is 0.207. The molecule has 2 heterocycles. The lowest BCUT2D eigenvalue weighted by Gasteiger charge is -2.22. The van der Waals surface area contributed by atoms with Crippen LogP contribution in [-0.2, 0) is 12.5 Å². The SMILES string of the molecule is Cc1ccc2c(oc3ccccc32)c1-c1cc(-c2ccccc2)c(C(C)(C)C)c[n+]1C. The predicted octanol–water partition coefficient (Wildman–Crippen LogP) is 7.35. The minimum Gasteiger partial charge on any atom is -0.455 e. The van der Waals surface area contributed by atoms with Gasteiger partial charge in [-0.3, -0.25) is 0 Å². The Morgan fingerprint density at radius 1 is 0.806 bits per heavy atom. The molecule has 0 saturated carbocycles. The Kier molecular flexibility index (Phi) is 4.48. The first-order chi connectivity index (χ1) is 14.8. The Morgan fingerprint density at radius 2 is 1.52 bits per heavy atom. The van der Waals surface area contributed by atoms with E-state index in [1.165, 1.54) is 22.3 Å². The van der Waals surface area contributed by atoms with Crippen LogP contribution in [0.25, 0.3) is 44.3 Å². The van der Waals surface area contributed by atoms with Crippen molar-refractivity contribution in [2.75, 3.05) is 0 Å². The van der Waals surface area contributed by atoms with Crippen LogP contribution in [0.3, 0.4) is 0 Å². The van der Waals surface area contributed by atoms with E-state index in [4.69, 9.17) is 4.42 Å². The largest absolute Gasteiger partial charge is 0.455 e. The van der Waals surface area contributed by atoms with Gasteiger partial charge in [-0.05, 0) is 35.1 Å². The number of fused-ring (bicyclic) bond motifs is 3. The summed E-state index contributed by atoms with van der Waals surface area (Å²) in [6, 6.07) is 25.7. The third-order valence-corrected chi connectivity index (χ3v) is 6.18. The average molecular weight is 407 g/mol. The number of aryl methyl sites for hydroxylation is 2. The quantitative estimate of drug-likeness (QED) is 0.280. The van der Waals surface area contributed by atoms with Gasteiger partial charge in [0.15, 0.2) is 6.20 Å². The van der Waals surface area contributed by atoms with Crippen LogP contribution in [0.15, 0.2) is 83.4 Å². The van der Waals surface area contributed by atoms with Crippen molar-refractivity contribution in [1.29, 1.82) is 0 Å². The zero-order valence-electron chi connectivity index (χ0n) is 18.9. The topological polar surface area (TPSA) is 17.0 Å². The Bertz CT molecular complexity index is 1420. The molecule has 5 aromatic rings. The molecule has 0 amide bonds. The number of para-hydroxylation sites is 1. The summed E-state index contributed by atoms with van der Waals surface area (Å²) in [7, 11) is 2.14. The number of pyridine rings is 1. The zero-order chi connectivity index (χ0) is 21.8. The van der Waals surface area contributed by atoms with E-state index in [0.29, 0.717) is 0 Å². The molecule has 0 bridgehead atoms. The van der Waals surface area contributed by atoms with Crippen LogP contribution in [0, 0.1) is 6.92 Å². The van der Waals surface area contributed by atoms with Gasteiger partial charge in [0.05, 0.1) is 5.56 Å². The van der Waals surface area contributed by atoms with Gasteiger partial charge in [-0.1, -0.05) is 81.4 Å². The molecular formula is C29H28NO+. The molecule has 0 spiro atoms. The van der Waals surface area contributed by atoms with Crippen molar-refractivity contribution in [3.63, 3.8) is 0 Å². The number of nitrogens with zero attached hydrogens (tertiary/aromatic N) is 1. The van der Waals surface area contributed by atoms with Crippen LogP contribution in [-0.4, -0.2) is 0 Å². The van der Waals surface area contributed by atoms with Crippen LogP contribution in [0.5, 0.6) is 0 Å². The Morgan fingerprint density at radius 3 is 2.26 bits per heavy atom. The normalized spacial score (nSPS) is 12.0. The van der Waals surface area contributed by atoms with Gasteiger partial charge in [0.1, 0.15) is 18.2 Å². The highest BCUT2D eigenvalue weighted by Gasteiger charge is 2.27. The molecule has 0 saturated heterocycles. The Balaban J connectivity index is 1.86. The van der Waals surface area contributed by atoms with Crippen LogP contribution in [0.4, 0.5) is 0 Å². The highest BCUT2D eigenvalue weighted by molar-refractivity contribution is 6.09. The summed E-state index contributed by atoms with van der Waals surface area (Å²) < 4.78 is 8.66. The lowest BCUT2D eigenvalue weighted by molar-refractivity contribution is -0.660. The van der Waals surface area contributed by atoms with Gasteiger partial charge >= 0.3 is 0 Å². The van der Waals surface area contributed by atoms with Gasteiger partial charge < -0.3 is 4.42 Å². The van der Waals surface area contributed by atoms with Crippen LogP contribution >= 0.6 is 0 Å². The van der Waals surface area contributed by atoms with Crippen molar-refractivity contribution in [1.82, 2.24) is 0 Å². The van der Waals surface area contributed by atoms with E-state index in [1.807, 2.05) is 12.1 Å². The second-order valence-electron chi connectivity index (χ2n) is 9.45. The first kappa shape index (κ1) is 19.6. The fourth-order valence-corrected chi connectivity index (χ4v) is 4.56. The van der Waals surface area contributed by atoms with E-state index in [-0.39, 0.29) is 5.41 Å². The molecule has 0 unspecified atom stereocenters. The third-order valence-electron chi connectivity index (χ3n) is 6.18. The molecule has 5 rings (SSSR count). The molecule has 0 aliphatic carbocycles. The summed E-state index contributed by atoms with van der Waals surface area (Å²) >= 11 is 0. The number of aromatic nitrogens is 1. The maximum absolute atomic E-state index is 6.40. The second kappa shape index (κ2) is 7.09. The maximum atomic E-state index is 6.40. The van der Waals surface area contributed by atoms with Crippen LogP contribution in [0.1, 0.15) is 31.9 Å². The molecule has 154 valence electrons. The van der Waals surface area contributed by atoms with E-state index in [9.17, 15) is 0 Å². The molecule has 0 aliphatic rings. The van der Waals surface area contributed by atoms with Gasteiger partial charge in [0, 0.05) is 22.4 Å². The fourth-order valence-electron chi connectivity index (χ4n) is 4.56. The predicted molar refractivity (Wildman–Crippen MR) is 129 cm³/mol. The molecule has 31 heavy (non-hydrogen) atoms. The molecule has 0 radical (unpaired) electrons. The van der Waals surface area contributed by atoms with Crippen molar-refractivity contribution in [3.05, 3.63) is 90.1 Å². The van der Waals surface area contributed by atoms with Gasteiger partial charge in [0.2, 0.25) is 5.69 Å². The molecule has 0 aliphatic heterocycles. The van der Waals surface area contributed by atoms with Crippen molar-refractivity contribution < 1.29 is 8.98 Å². The maximum Gasteiger partial charge on any atom is 0.216 e. The van der Waals surface area contributed by atoms with E-state index < -0.39 is 0 Å². The van der Waals surface area contributed by atoms with Crippen molar-refractivity contribution in [3.8, 4) is 22.4 Å². The third kappa shape index (κ3) is 3.23. The summed E-state index contributed by atoms with van der Waals surface area (Å²) in [5.41, 5.74) is 9.30. The molecule has 0 fully saturated rings. The minimum atomic E-state index is 0.0296. The minimum absolute atomic E-state index is 0.0296. The van der Waals surface area contributed by atoms with Crippen LogP contribution < -0.4 is 4.57 Å². The summed E-state index contributed by atoms with van der Waals surface area (Å²) in [5, 5.41) is 2.33. The van der Waals surface area contributed by atoms with E-state index in [0.717, 1.165) is 33.2 Å². The number of rotatable bonds is 2. The number of furan rings is 1. The smallest absolute Gasteiger partial charge is 0.216 e. The van der Waals surface area contributed by atoms with Gasteiger partial charge in [-0.25, -0.2) is 4.57 Å². The lowest BCUT2D eigenvalue weighted by atomic mass is 9.82. The number of benzene rings is 3. The molecular weight excluding hydrogens is 378 g/mol. The second-order valence-corrected chi connectivity index (χ2v) is 9.45. The molecule has 2 nitrogen and oxygen atoms in total. The Labute approximate surface area is 183 Å². The summed E-state index contributed by atoms with van der Waals surface area (Å²) in [6.45, 7) is 9.00. The van der Waals surface area contributed by atoms with Gasteiger partial charge in [-0.15, -0.1) is 0 Å². The zero-order valence-corrected chi connectivity index (χ0v) is 18.9. The van der Waals surface area contributed by atoms with E-state index in [1.54, 1.807) is 0 Å². The molecule has 3 aromatic carbocycles. The highest BCUT2D eigenvalue weighted by atomic mass is 16.3. The Hall–Kier alpha value is -3.39. The summed E-state index contributed by atoms with van der Waals surface area (Å²) in [6.07, 6.45) is 2.29. The number of hydrogen-bond donors (Lipinski definition) is 0. The summed E-state index contributed by atoms with van der Waals surface area (Å²) in [4.78, 5) is 0. The van der Waals surface area contributed by atoms with Crippen molar-refractivity contribution in [2.24, 2.45) is 7.05 Å². The van der Waals surface area contributed by atoms with E-state index >= 15 is 0 Å². The van der Waals surface area contributed by atoms with E-state index in [2.05, 4.69) is 106 Å². The highest BCUT2D eigenvalue weighted by Crippen LogP contribution is 2.39. The van der Waals surface area contributed by atoms with Gasteiger partial charge in [0.25, 0.3) is 0 Å². The molecule has 0 N–H and O–H groups in total.